The van der Waals surface area contributed by atoms with Crippen molar-refractivity contribution < 1.29 is 0 Å². The highest BCUT2D eigenvalue weighted by Crippen LogP contribution is 2.53. The molecule has 0 heterocycles. The lowest BCUT2D eigenvalue weighted by Gasteiger charge is -2.47. The summed E-state index contributed by atoms with van der Waals surface area (Å²) in [6, 6.07) is 0. The fourth-order valence-corrected chi connectivity index (χ4v) is 3.81. The van der Waals surface area contributed by atoms with Crippen LogP contribution in [0.15, 0.2) is 11.1 Å². The summed E-state index contributed by atoms with van der Waals surface area (Å²) in [6.45, 7) is 19.2. The highest BCUT2D eigenvalue weighted by Gasteiger charge is 2.40. The van der Waals surface area contributed by atoms with Crippen molar-refractivity contribution in [3.05, 3.63) is 11.1 Å². The molecule has 94 valence electrons. The van der Waals surface area contributed by atoms with Crippen LogP contribution in [-0.4, -0.2) is 0 Å². The van der Waals surface area contributed by atoms with E-state index < -0.39 is 0 Å². The molecule has 0 unspecified atom stereocenters. The summed E-state index contributed by atoms with van der Waals surface area (Å²) in [5.74, 6) is 1.37. The molecule has 0 heteroatoms. The van der Waals surface area contributed by atoms with Crippen LogP contribution in [0.2, 0.25) is 0 Å². The van der Waals surface area contributed by atoms with Gasteiger partial charge in [-0.3, -0.25) is 0 Å². The molecule has 0 amide bonds. The number of rotatable bonds is 2. The first-order valence-electron chi connectivity index (χ1n) is 6.84. The second-order valence-corrected chi connectivity index (χ2v) is 7.40. The minimum Gasteiger partial charge on any atom is -0.0620 e. The van der Waals surface area contributed by atoms with Gasteiger partial charge in [0.2, 0.25) is 0 Å². The number of allylic oxidation sites excluding steroid dienone is 2. The Kier molecular flexibility index (Phi) is 3.62. The van der Waals surface area contributed by atoms with Gasteiger partial charge in [0.05, 0.1) is 0 Å². The Bertz CT molecular complexity index is 257. The average molecular weight is 222 g/mol. The first kappa shape index (κ1) is 13.8. The summed E-state index contributed by atoms with van der Waals surface area (Å²) in [6.07, 6.45) is 2.67. The van der Waals surface area contributed by atoms with Crippen LogP contribution in [0.5, 0.6) is 0 Å². The van der Waals surface area contributed by atoms with Gasteiger partial charge in [-0.25, -0.2) is 0 Å². The molecule has 0 nitrogen and oxygen atoms in total. The van der Waals surface area contributed by atoms with Gasteiger partial charge in [-0.2, -0.15) is 0 Å². The van der Waals surface area contributed by atoms with Crippen LogP contribution < -0.4 is 0 Å². The molecule has 0 fully saturated rings. The zero-order valence-corrected chi connectivity index (χ0v) is 12.6. The van der Waals surface area contributed by atoms with E-state index in [4.69, 9.17) is 0 Å². The maximum Gasteiger partial charge on any atom is -0.0139 e. The Hall–Kier alpha value is -0.260. The predicted octanol–water partition coefficient (Wildman–Crippen LogP) is 5.44. The molecule has 0 saturated carbocycles. The van der Waals surface area contributed by atoms with Gasteiger partial charge < -0.3 is 0 Å². The summed E-state index contributed by atoms with van der Waals surface area (Å²) in [4.78, 5) is 0. The summed E-state index contributed by atoms with van der Waals surface area (Å²) < 4.78 is 0. The van der Waals surface area contributed by atoms with Gasteiger partial charge in [-0.05, 0) is 35.5 Å². The van der Waals surface area contributed by atoms with E-state index >= 15 is 0 Å². The summed E-state index contributed by atoms with van der Waals surface area (Å²) in [5, 5.41) is 0. The number of hydrogen-bond acceptors (Lipinski definition) is 0. The lowest BCUT2D eigenvalue weighted by molar-refractivity contribution is 0.227. The molecule has 0 aromatic carbocycles. The molecule has 0 bridgehead atoms. The van der Waals surface area contributed by atoms with Crippen molar-refractivity contribution in [1.82, 2.24) is 0 Å². The lowest BCUT2D eigenvalue weighted by atomic mass is 9.58. The maximum atomic E-state index is 2.43. The zero-order chi connectivity index (χ0) is 12.7. The molecular weight excluding hydrogens is 192 g/mol. The van der Waals surface area contributed by atoms with E-state index in [2.05, 4.69) is 55.4 Å². The Labute approximate surface area is 103 Å². The van der Waals surface area contributed by atoms with Gasteiger partial charge in [0, 0.05) is 0 Å². The Balaban J connectivity index is 3.40. The highest BCUT2D eigenvalue weighted by atomic mass is 14.5. The normalized spacial score (nSPS) is 24.4. The first-order valence-corrected chi connectivity index (χ1v) is 6.84. The molecule has 1 rings (SSSR count). The average Bonchev–Trinajstić information content (AvgIpc) is 2.07. The van der Waals surface area contributed by atoms with Gasteiger partial charge in [0.1, 0.15) is 0 Å². The molecule has 0 aromatic heterocycles. The van der Waals surface area contributed by atoms with Crippen LogP contribution in [0.1, 0.15) is 68.2 Å². The van der Waals surface area contributed by atoms with Gasteiger partial charge in [0.15, 0.2) is 0 Å². The second-order valence-electron chi connectivity index (χ2n) is 7.40. The van der Waals surface area contributed by atoms with E-state index in [-0.39, 0.29) is 0 Å². The van der Waals surface area contributed by atoms with Gasteiger partial charge in [0.25, 0.3) is 0 Å². The molecule has 1 aliphatic rings. The third-order valence-electron chi connectivity index (χ3n) is 4.28. The van der Waals surface area contributed by atoms with Gasteiger partial charge in [-0.1, -0.05) is 66.5 Å². The van der Waals surface area contributed by atoms with E-state index in [0.29, 0.717) is 22.7 Å². The third kappa shape index (κ3) is 2.36. The zero-order valence-electron chi connectivity index (χ0n) is 12.6. The highest BCUT2D eigenvalue weighted by molar-refractivity contribution is 5.31. The van der Waals surface area contributed by atoms with Crippen LogP contribution in [0, 0.1) is 22.7 Å². The molecule has 0 aliphatic heterocycles. The minimum absolute atomic E-state index is 0.406. The molecule has 0 saturated heterocycles. The van der Waals surface area contributed by atoms with Crippen molar-refractivity contribution in [3.63, 3.8) is 0 Å². The smallest absolute Gasteiger partial charge is 0.0139 e. The van der Waals surface area contributed by atoms with E-state index in [0.717, 1.165) is 0 Å². The summed E-state index contributed by atoms with van der Waals surface area (Å²) in [7, 11) is 0. The summed E-state index contributed by atoms with van der Waals surface area (Å²) in [5.41, 5.74) is 4.28. The SMILES string of the molecule is CC(C)C1=C(C(C)C)C(C)(C)CCC1(C)C. The molecule has 0 N–H and O–H groups in total. The molecule has 0 radical (unpaired) electrons. The van der Waals surface area contributed by atoms with Crippen molar-refractivity contribution in [2.75, 3.05) is 0 Å². The van der Waals surface area contributed by atoms with Crippen LogP contribution in [-0.2, 0) is 0 Å². The topological polar surface area (TPSA) is 0 Å². The van der Waals surface area contributed by atoms with Crippen LogP contribution in [0.4, 0.5) is 0 Å². The van der Waals surface area contributed by atoms with Crippen LogP contribution >= 0.6 is 0 Å². The van der Waals surface area contributed by atoms with Crippen molar-refractivity contribution in [3.8, 4) is 0 Å². The fourth-order valence-electron chi connectivity index (χ4n) is 3.81. The fraction of sp³-hybridized carbons (Fsp3) is 0.875. The van der Waals surface area contributed by atoms with Crippen LogP contribution in [0.3, 0.4) is 0 Å². The standard InChI is InChI=1S/C16H30/c1-11(2)13-14(12(3)4)16(7,8)10-9-15(13,5)6/h11-12H,9-10H2,1-8H3. The van der Waals surface area contributed by atoms with Gasteiger partial charge >= 0.3 is 0 Å². The Morgan fingerprint density at radius 1 is 0.688 bits per heavy atom. The summed E-state index contributed by atoms with van der Waals surface area (Å²) >= 11 is 0. The van der Waals surface area contributed by atoms with E-state index in [1.807, 2.05) is 0 Å². The number of hydrogen-bond donors (Lipinski definition) is 0. The van der Waals surface area contributed by atoms with Crippen molar-refractivity contribution in [2.45, 2.75) is 68.2 Å². The second kappa shape index (κ2) is 4.20. The molecule has 1 aliphatic carbocycles. The van der Waals surface area contributed by atoms with Crippen LogP contribution in [0.25, 0.3) is 0 Å². The van der Waals surface area contributed by atoms with Crippen molar-refractivity contribution >= 4 is 0 Å². The molecule has 16 heavy (non-hydrogen) atoms. The molecule has 0 atom stereocenters. The quantitative estimate of drug-likeness (QED) is 0.546. The van der Waals surface area contributed by atoms with Crippen molar-refractivity contribution in [1.29, 1.82) is 0 Å². The van der Waals surface area contributed by atoms with Gasteiger partial charge in [-0.15, -0.1) is 0 Å². The van der Waals surface area contributed by atoms with E-state index in [1.54, 1.807) is 11.1 Å². The van der Waals surface area contributed by atoms with E-state index in [1.165, 1.54) is 12.8 Å². The van der Waals surface area contributed by atoms with E-state index in [9.17, 15) is 0 Å². The largest absolute Gasteiger partial charge is 0.0620 e. The van der Waals surface area contributed by atoms with Crippen molar-refractivity contribution in [2.24, 2.45) is 22.7 Å². The molecule has 0 spiro atoms. The molecular formula is C16H30. The lowest BCUT2D eigenvalue weighted by Crippen LogP contribution is -2.34. The third-order valence-corrected chi connectivity index (χ3v) is 4.28. The molecule has 0 aromatic rings. The predicted molar refractivity (Wildman–Crippen MR) is 73.5 cm³/mol. The maximum absolute atomic E-state index is 2.43. The monoisotopic (exact) mass is 222 g/mol. The minimum atomic E-state index is 0.406. The first-order chi connectivity index (χ1) is 7.09. The Morgan fingerprint density at radius 2 is 0.938 bits per heavy atom. The Morgan fingerprint density at radius 3 is 1.12 bits per heavy atom.